The molecule has 0 bridgehead atoms. The van der Waals surface area contributed by atoms with E-state index in [-0.39, 0.29) is 24.1 Å². The van der Waals surface area contributed by atoms with Gasteiger partial charge in [-0.2, -0.15) is 5.26 Å². The number of nitrogens with zero attached hydrogens (tertiary/aromatic N) is 3. The molecule has 0 aliphatic carbocycles. The summed E-state index contributed by atoms with van der Waals surface area (Å²) in [6.45, 7) is 4.46. The lowest BCUT2D eigenvalue weighted by atomic mass is 10.2. The van der Waals surface area contributed by atoms with E-state index in [4.69, 9.17) is 10.00 Å². The van der Waals surface area contributed by atoms with Crippen LogP contribution in [0, 0.1) is 23.1 Å². The minimum atomic E-state index is -0.433. The highest BCUT2D eigenvalue weighted by Gasteiger charge is 2.33. The SMILES string of the molecule is CC(C)CN1C(=O)/C(=C\c2cccc(OCC#N)c2)SC1=Nc1ccccc1F. The largest absolute Gasteiger partial charge is 0.479 e. The molecule has 148 valence electrons. The molecule has 0 atom stereocenters. The molecule has 1 fully saturated rings. The summed E-state index contributed by atoms with van der Waals surface area (Å²) in [5.74, 6) is 0.183. The van der Waals surface area contributed by atoms with Crippen LogP contribution in [-0.4, -0.2) is 29.1 Å². The van der Waals surface area contributed by atoms with Crippen LogP contribution in [0.5, 0.6) is 5.75 Å². The van der Waals surface area contributed by atoms with Crippen molar-refractivity contribution in [2.24, 2.45) is 10.9 Å². The zero-order chi connectivity index (χ0) is 20.8. The second-order valence-corrected chi connectivity index (χ2v) is 7.79. The normalized spacial score (nSPS) is 16.7. The van der Waals surface area contributed by atoms with Gasteiger partial charge >= 0.3 is 0 Å². The molecule has 0 radical (unpaired) electrons. The second-order valence-electron chi connectivity index (χ2n) is 6.79. The summed E-state index contributed by atoms with van der Waals surface area (Å²) in [5.41, 5.74) is 0.970. The van der Waals surface area contributed by atoms with E-state index >= 15 is 0 Å². The average molecular weight is 409 g/mol. The lowest BCUT2D eigenvalue weighted by molar-refractivity contribution is -0.122. The highest BCUT2D eigenvalue weighted by Crippen LogP contribution is 2.35. The number of ether oxygens (including phenoxy) is 1. The van der Waals surface area contributed by atoms with Gasteiger partial charge in [-0.1, -0.05) is 38.1 Å². The van der Waals surface area contributed by atoms with Crippen LogP contribution in [0.4, 0.5) is 10.1 Å². The average Bonchev–Trinajstić information content (AvgIpc) is 2.97. The standard InChI is InChI=1S/C22H20FN3O2S/c1-15(2)14-26-21(27)20(13-16-6-5-7-17(12-16)28-11-10-24)29-22(26)25-19-9-4-3-8-18(19)23/h3-9,12-13,15H,11,14H2,1-2H3/b20-13+,25-22?. The van der Waals surface area contributed by atoms with E-state index in [2.05, 4.69) is 4.99 Å². The molecule has 0 N–H and O–H groups in total. The van der Waals surface area contributed by atoms with Crippen molar-refractivity contribution in [1.82, 2.24) is 4.90 Å². The molecule has 7 heteroatoms. The number of amidine groups is 1. The van der Waals surface area contributed by atoms with Gasteiger partial charge < -0.3 is 4.74 Å². The lowest BCUT2D eigenvalue weighted by Crippen LogP contribution is -2.32. The first kappa shape index (κ1) is 20.6. The van der Waals surface area contributed by atoms with E-state index < -0.39 is 5.82 Å². The number of carbonyl (C=O) groups excluding carboxylic acids is 1. The Kier molecular flexibility index (Phi) is 6.68. The van der Waals surface area contributed by atoms with Gasteiger partial charge in [-0.15, -0.1) is 0 Å². The molecule has 29 heavy (non-hydrogen) atoms. The first-order chi connectivity index (χ1) is 14.0. The summed E-state index contributed by atoms with van der Waals surface area (Å²) in [5, 5.41) is 9.11. The van der Waals surface area contributed by atoms with Crippen molar-refractivity contribution in [3.8, 4) is 11.8 Å². The van der Waals surface area contributed by atoms with E-state index in [1.54, 1.807) is 47.4 Å². The van der Waals surface area contributed by atoms with Crippen molar-refractivity contribution in [2.75, 3.05) is 13.2 Å². The van der Waals surface area contributed by atoms with Crippen molar-refractivity contribution >= 4 is 34.6 Å². The molecule has 1 aliphatic rings. The number of hydrogen-bond donors (Lipinski definition) is 0. The van der Waals surface area contributed by atoms with Crippen molar-refractivity contribution in [3.05, 3.63) is 64.8 Å². The summed E-state index contributed by atoms with van der Waals surface area (Å²) in [4.78, 5) is 19.5. The third kappa shape index (κ3) is 5.24. The molecule has 1 heterocycles. The van der Waals surface area contributed by atoms with Crippen LogP contribution in [0.2, 0.25) is 0 Å². The van der Waals surface area contributed by atoms with E-state index in [1.807, 2.05) is 26.0 Å². The number of rotatable bonds is 6. The molecule has 0 aromatic heterocycles. The number of aliphatic imine (C=N–C) groups is 1. The Bertz CT molecular complexity index is 1010. The van der Waals surface area contributed by atoms with Crippen LogP contribution in [0.3, 0.4) is 0 Å². The molecule has 1 amide bonds. The van der Waals surface area contributed by atoms with Gasteiger partial charge in [0, 0.05) is 6.54 Å². The van der Waals surface area contributed by atoms with Crippen LogP contribution >= 0.6 is 11.8 Å². The number of hydrogen-bond acceptors (Lipinski definition) is 5. The number of nitriles is 1. The van der Waals surface area contributed by atoms with Crippen molar-refractivity contribution in [1.29, 1.82) is 5.26 Å². The number of thioether (sulfide) groups is 1. The molecule has 0 spiro atoms. The third-order valence-corrected chi connectivity index (χ3v) is 4.97. The number of halogens is 1. The second kappa shape index (κ2) is 9.39. The molecule has 5 nitrogen and oxygen atoms in total. The monoisotopic (exact) mass is 409 g/mol. The van der Waals surface area contributed by atoms with Crippen LogP contribution in [0.1, 0.15) is 19.4 Å². The van der Waals surface area contributed by atoms with Crippen LogP contribution < -0.4 is 4.74 Å². The summed E-state index contributed by atoms with van der Waals surface area (Å²) >= 11 is 1.22. The molecule has 2 aromatic carbocycles. The minimum Gasteiger partial charge on any atom is -0.479 e. The summed E-state index contributed by atoms with van der Waals surface area (Å²) in [7, 11) is 0. The lowest BCUT2D eigenvalue weighted by Gasteiger charge is -2.17. The highest BCUT2D eigenvalue weighted by atomic mass is 32.2. The Morgan fingerprint density at radius 2 is 2.07 bits per heavy atom. The van der Waals surface area contributed by atoms with Crippen molar-refractivity contribution in [2.45, 2.75) is 13.8 Å². The Morgan fingerprint density at radius 1 is 1.28 bits per heavy atom. The summed E-state index contributed by atoms with van der Waals surface area (Å²) < 4.78 is 19.4. The molecule has 1 saturated heterocycles. The Morgan fingerprint density at radius 3 is 2.79 bits per heavy atom. The van der Waals surface area contributed by atoms with Gasteiger partial charge in [0.2, 0.25) is 0 Å². The summed E-state index contributed by atoms with van der Waals surface area (Å²) in [6, 6.07) is 15.3. The molecule has 0 unspecified atom stereocenters. The fourth-order valence-electron chi connectivity index (χ4n) is 2.72. The smallest absolute Gasteiger partial charge is 0.266 e. The predicted octanol–water partition coefficient (Wildman–Crippen LogP) is 4.99. The fourth-order valence-corrected chi connectivity index (χ4v) is 3.72. The van der Waals surface area contributed by atoms with Gasteiger partial charge in [0.05, 0.1) is 4.91 Å². The van der Waals surface area contributed by atoms with Crippen molar-refractivity contribution < 1.29 is 13.9 Å². The van der Waals surface area contributed by atoms with E-state index in [0.717, 1.165) is 5.56 Å². The van der Waals surface area contributed by atoms with Crippen LogP contribution in [-0.2, 0) is 4.79 Å². The molecule has 1 aliphatic heterocycles. The number of amides is 1. The Labute approximate surface area is 173 Å². The highest BCUT2D eigenvalue weighted by molar-refractivity contribution is 8.18. The van der Waals surface area contributed by atoms with Crippen LogP contribution in [0.25, 0.3) is 6.08 Å². The van der Waals surface area contributed by atoms with Gasteiger partial charge in [-0.3, -0.25) is 9.69 Å². The zero-order valence-electron chi connectivity index (χ0n) is 16.1. The van der Waals surface area contributed by atoms with Gasteiger partial charge in [0.1, 0.15) is 23.3 Å². The van der Waals surface area contributed by atoms with E-state index in [0.29, 0.717) is 22.4 Å². The Balaban J connectivity index is 1.93. The maximum Gasteiger partial charge on any atom is 0.266 e. The first-order valence-corrected chi connectivity index (χ1v) is 9.94. The molecule has 0 saturated carbocycles. The summed E-state index contributed by atoms with van der Waals surface area (Å²) in [6.07, 6.45) is 1.75. The van der Waals surface area contributed by atoms with Gasteiger partial charge in [-0.05, 0) is 53.6 Å². The maximum atomic E-state index is 14.0. The molecule has 3 rings (SSSR count). The van der Waals surface area contributed by atoms with Gasteiger partial charge in [0.25, 0.3) is 5.91 Å². The van der Waals surface area contributed by atoms with Gasteiger partial charge in [-0.25, -0.2) is 9.38 Å². The van der Waals surface area contributed by atoms with Crippen molar-refractivity contribution in [3.63, 3.8) is 0 Å². The topological polar surface area (TPSA) is 65.7 Å². The quantitative estimate of drug-likeness (QED) is 0.631. The van der Waals surface area contributed by atoms with Gasteiger partial charge in [0.15, 0.2) is 11.8 Å². The first-order valence-electron chi connectivity index (χ1n) is 9.12. The van der Waals surface area contributed by atoms with E-state index in [1.165, 1.54) is 17.8 Å². The Hall–Kier alpha value is -3.11. The van der Waals surface area contributed by atoms with E-state index in [9.17, 15) is 9.18 Å². The predicted molar refractivity (Wildman–Crippen MR) is 113 cm³/mol. The fraction of sp³-hybridized carbons (Fsp3) is 0.227. The number of para-hydroxylation sites is 1. The maximum absolute atomic E-state index is 14.0. The molecule has 2 aromatic rings. The van der Waals surface area contributed by atoms with Crippen LogP contribution in [0.15, 0.2) is 58.4 Å². The number of carbonyl (C=O) groups is 1. The minimum absolute atomic E-state index is 0.0463. The zero-order valence-corrected chi connectivity index (χ0v) is 16.9. The third-order valence-electron chi connectivity index (χ3n) is 3.96. The molecular weight excluding hydrogens is 389 g/mol. The molecular formula is C22H20FN3O2S. The number of benzene rings is 2.